The SMILES string of the molecule is CC.CCNC(=O)CNC(=O)OCC1c2ccccc2-c2ccccc21.Cc1cc2c(CCCCOCNC(=O)CNC=O)c3c(nc2cc1F)-c1cc2c(c(=O)n1C3)COC(=O)C2O. The number of unbranched alkanes of at least 4 members (excludes halogenated alkanes) is 1. The van der Waals surface area contributed by atoms with Crippen molar-refractivity contribution in [2.45, 2.75) is 72.1 Å². The number of likely N-dealkylation sites (N-methyl/N-ethyl adjacent to an activating group) is 1. The van der Waals surface area contributed by atoms with Gasteiger partial charge in [0.25, 0.3) is 5.56 Å². The number of ether oxygens (including phenoxy) is 3. The van der Waals surface area contributed by atoms with Crippen molar-refractivity contribution in [1.29, 1.82) is 0 Å². The molecule has 65 heavy (non-hydrogen) atoms. The standard InChI is InChI=1S/C27H27FN4O7.C19H20N2O3.C2H6/c1-14-6-16-15(4-2-3-5-38-13-30-23(34)9-29-12-33)18-10-32-22(24(18)31-21(16)8-20(14)28)7-17-19(26(32)36)11-39-27(37)25(17)35;1-2-20-18(22)11-21-19(23)24-12-17-15-9-5-3-7-13(15)14-8-4-6-10-16(14)17;1-2/h6-8,12,25,35H,2-5,9-11,13H2,1H3,(H,29,33)(H,30,34);3-10,17H,2,11-12H2,1H3,(H,20,22)(H,21,23);1-2H3. The van der Waals surface area contributed by atoms with E-state index in [-0.39, 0.29) is 74.0 Å². The fraction of sp³-hybridized carbons (Fsp3) is 0.354. The van der Waals surface area contributed by atoms with Gasteiger partial charge in [0.15, 0.2) is 6.10 Å². The van der Waals surface area contributed by atoms with Crippen molar-refractivity contribution in [3.05, 3.63) is 122 Å². The average molecular weight is 893 g/mol. The maximum atomic E-state index is 14.5. The number of nitrogens with zero attached hydrogens (tertiary/aromatic N) is 2. The lowest BCUT2D eigenvalue weighted by atomic mass is 9.94. The highest BCUT2D eigenvalue weighted by molar-refractivity contribution is 5.89. The molecule has 0 saturated carbocycles. The van der Waals surface area contributed by atoms with Gasteiger partial charge in [0.2, 0.25) is 18.2 Å². The van der Waals surface area contributed by atoms with E-state index < -0.39 is 24.0 Å². The van der Waals surface area contributed by atoms with Gasteiger partial charge in [-0.3, -0.25) is 19.2 Å². The zero-order valence-corrected chi connectivity index (χ0v) is 36.8. The van der Waals surface area contributed by atoms with E-state index in [1.807, 2.05) is 45.0 Å². The number of aliphatic hydroxyl groups is 1. The minimum absolute atomic E-state index is 0.0202. The number of aromatic nitrogens is 2. The Morgan fingerprint density at radius 1 is 0.923 bits per heavy atom. The number of benzene rings is 3. The van der Waals surface area contributed by atoms with E-state index in [9.17, 15) is 38.3 Å². The molecule has 2 aliphatic heterocycles. The van der Waals surface area contributed by atoms with Gasteiger partial charge in [0.1, 0.15) is 25.8 Å². The van der Waals surface area contributed by atoms with Gasteiger partial charge in [-0.05, 0) is 78.6 Å². The molecule has 1 unspecified atom stereocenters. The molecule has 16 nitrogen and oxygen atoms in total. The first-order chi connectivity index (χ1) is 31.5. The summed E-state index contributed by atoms with van der Waals surface area (Å²) >= 11 is 0. The Kier molecular flexibility index (Phi) is 16.1. The molecule has 1 atom stereocenters. The van der Waals surface area contributed by atoms with Gasteiger partial charge in [0, 0.05) is 41.6 Å². The summed E-state index contributed by atoms with van der Waals surface area (Å²) in [6.07, 6.45) is 0.306. The van der Waals surface area contributed by atoms with Crippen LogP contribution in [0.15, 0.2) is 71.5 Å². The van der Waals surface area contributed by atoms with Gasteiger partial charge in [0.05, 0.1) is 42.1 Å². The minimum atomic E-state index is -1.55. The van der Waals surface area contributed by atoms with Crippen LogP contribution in [-0.4, -0.2) is 84.5 Å². The molecular weight excluding hydrogens is 840 g/mol. The minimum Gasteiger partial charge on any atom is -0.458 e. The summed E-state index contributed by atoms with van der Waals surface area (Å²) in [5.74, 6) is -1.77. The predicted molar refractivity (Wildman–Crippen MR) is 239 cm³/mol. The summed E-state index contributed by atoms with van der Waals surface area (Å²) < 4.78 is 31.8. The molecule has 8 rings (SSSR count). The van der Waals surface area contributed by atoms with Crippen LogP contribution in [-0.2, 0) is 53.0 Å². The summed E-state index contributed by atoms with van der Waals surface area (Å²) in [6.45, 7) is 8.55. The van der Waals surface area contributed by atoms with Gasteiger partial charge in [-0.1, -0.05) is 62.4 Å². The lowest BCUT2D eigenvalue weighted by molar-refractivity contribution is -0.157. The van der Waals surface area contributed by atoms with Gasteiger partial charge >= 0.3 is 12.1 Å². The second-order valence-electron chi connectivity index (χ2n) is 15.1. The number of carbonyl (C=O) groups excluding carboxylic acids is 5. The molecule has 0 radical (unpaired) electrons. The molecule has 4 amide bonds. The van der Waals surface area contributed by atoms with Crippen molar-refractivity contribution in [3.8, 4) is 22.5 Å². The molecular formula is C48H53FN6O10. The Morgan fingerprint density at radius 3 is 2.31 bits per heavy atom. The smallest absolute Gasteiger partial charge is 0.407 e. The van der Waals surface area contributed by atoms with E-state index in [1.165, 1.54) is 17.2 Å². The zero-order chi connectivity index (χ0) is 46.6. The first-order valence-electron chi connectivity index (χ1n) is 21.6. The van der Waals surface area contributed by atoms with Gasteiger partial charge in [-0.2, -0.15) is 0 Å². The monoisotopic (exact) mass is 892 g/mol. The van der Waals surface area contributed by atoms with Crippen LogP contribution in [0.4, 0.5) is 9.18 Å². The number of esters is 1. The van der Waals surface area contributed by atoms with Crippen molar-refractivity contribution in [2.75, 3.05) is 39.6 Å². The maximum absolute atomic E-state index is 14.5. The normalized spacial score (nSPS) is 13.8. The largest absolute Gasteiger partial charge is 0.458 e. The summed E-state index contributed by atoms with van der Waals surface area (Å²) in [4.78, 5) is 74.8. The highest BCUT2D eigenvalue weighted by atomic mass is 19.1. The van der Waals surface area contributed by atoms with Gasteiger partial charge < -0.3 is 45.2 Å². The molecule has 0 bridgehead atoms. The number of pyridine rings is 2. The van der Waals surface area contributed by atoms with Gasteiger partial charge in [-0.15, -0.1) is 0 Å². The number of hydrogen-bond donors (Lipinski definition) is 5. The second-order valence-corrected chi connectivity index (χ2v) is 15.1. The molecule has 0 fully saturated rings. The number of aryl methyl sites for hydroxylation is 2. The van der Waals surface area contributed by atoms with Crippen LogP contribution in [0.2, 0.25) is 0 Å². The Balaban J connectivity index is 0.000000230. The van der Waals surface area contributed by atoms with Crippen molar-refractivity contribution in [3.63, 3.8) is 0 Å². The number of halogens is 1. The average Bonchev–Trinajstić information content (AvgIpc) is 3.84. The van der Waals surface area contributed by atoms with Crippen LogP contribution in [0.5, 0.6) is 0 Å². The van der Waals surface area contributed by atoms with E-state index in [0.29, 0.717) is 61.3 Å². The third-order valence-corrected chi connectivity index (χ3v) is 11.1. The molecule has 1 aliphatic carbocycles. The third kappa shape index (κ3) is 10.7. The molecule has 5 N–H and O–H groups in total. The quantitative estimate of drug-likeness (QED) is 0.0408. The van der Waals surface area contributed by atoms with Crippen molar-refractivity contribution < 1.29 is 47.7 Å². The maximum Gasteiger partial charge on any atom is 0.407 e. The fourth-order valence-corrected chi connectivity index (χ4v) is 8.09. The molecule has 3 aliphatic rings. The van der Waals surface area contributed by atoms with Gasteiger partial charge in [-0.25, -0.2) is 19.0 Å². The second kappa shape index (κ2) is 22.1. The lowest BCUT2D eigenvalue weighted by Crippen LogP contribution is -2.37. The lowest BCUT2D eigenvalue weighted by Gasteiger charge is -2.21. The Bertz CT molecular complexity index is 2600. The summed E-state index contributed by atoms with van der Waals surface area (Å²) in [5, 5.41) is 21.0. The van der Waals surface area contributed by atoms with Crippen LogP contribution in [0.3, 0.4) is 0 Å². The molecule has 0 spiro atoms. The topological polar surface area (TPSA) is 216 Å². The van der Waals surface area contributed by atoms with Crippen LogP contribution in [0.25, 0.3) is 33.4 Å². The highest BCUT2D eigenvalue weighted by Gasteiger charge is 2.35. The zero-order valence-electron chi connectivity index (χ0n) is 36.8. The molecule has 4 heterocycles. The van der Waals surface area contributed by atoms with E-state index in [4.69, 9.17) is 19.2 Å². The highest BCUT2D eigenvalue weighted by Crippen LogP contribution is 2.44. The Labute approximate surface area is 374 Å². The number of aliphatic hydroxyl groups excluding tert-OH is 1. The summed E-state index contributed by atoms with van der Waals surface area (Å²) in [7, 11) is 0. The van der Waals surface area contributed by atoms with E-state index in [0.717, 1.165) is 27.6 Å². The predicted octanol–water partition coefficient (Wildman–Crippen LogP) is 4.81. The number of rotatable bonds is 15. The molecule has 17 heteroatoms. The molecule has 5 aromatic rings. The fourth-order valence-electron chi connectivity index (χ4n) is 8.09. The van der Waals surface area contributed by atoms with Crippen molar-refractivity contribution in [1.82, 2.24) is 30.8 Å². The van der Waals surface area contributed by atoms with Crippen LogP contribution in [0, 0.1) is 12.7 Å². The van der Waals surface area contributed by atoms with Crippen molar-refractivity contribution >= 4 is 41.2 Å². The van der Waals surface area contributed by atoms with E-state index in [2.05, 4.69) is 45.5 Å². The van der Waals surface area contributed by atoms with Crippen LogP contribution >= 0.6 is 0 Å². The third-order valence-electron chi connectivity index (χ3n) is 11.1. The van der Waals surface area contributed by atoms with Crippen molar-refractivity contribution in [2.24, 2.45) is 0 Å². The Hall–Kier alpha value is -6.98. The number of fused-ring (bicyclic) bond motifs is 8. The molecule has 3 aromatic carbocycles. The first-order valence-corrected chi connectivity index (χ1v) is 21.6. The molecule has 342 valence electrons. The van der Waals surface area contributed by atoms with Crippen LogP contribution < -0.4 is 26.8 Å². The number of carbonyl (C=O) groups is 5. The Morgan fingerprint density at radius 2 is 1.62 bits per heavy atom. The number of alkyl carbamates (subject to hydrolysis) is 1. The van der Waals surface area contributed by atoms with E-state index in [1.54, 1.807) is 23.6 Å². The number of cyclic esters (lactones) is 1. The number of nitrogens with one attached hydrogen (secondary N) is 4. The number of hydrogen-bond acceptors (Lipinski definition) is 11. The summed E-state index contributed by atoms with van der Waals surface area (Å²) in [6, 6.07) is 21.1. The molecule has 2 aromatic heterocycles. The van der Waals surface area contributed by atoms with E-state index >= 15 is 0 Å². The van der Waals surface area contributed by atoms with Crippen LogP contribution in [0.1, 0.15) is 84.6 Å². The summed E-state index contributed by atoms with van der Waals surface area (Å²) in [5.41, 5.74) is 8.49. The first kappa shape index (κ1) is 47.5. The number of amides is 4. The molecule has 0 saturated heterocycles.